The van der Waals surface area contributed by atoms with Crippen LogP contribution in [0.4, 0.5) is 17.1 Å². The molecule has 0 bridgehead atoms. The molecule has 0 saturated heterocycles. The van der Waals surface area contributed by atoms with Gasteiger partial charge in [-0.2, -0.15) is 0 Å². The topological polar surface area (TPSA) is 8.17 Å². The second-order valence-corrected chi connectivity index (χ2v) is 15.3. The summed E-state index contributed by atoms with van der Waals surface area (Å²) in [5.74, 6) is 0. The Balaban J connectivity index is 1.20. The molecule has 1 heterocycles. The van der Waals surface area contributed by atoms with Gasteiger partial charge in [0.1, 0.15) is 0 Å². The smallest absolute Gasteiger partial charge is 0.0561 e. The van der Waals surface area contributed by atoms with Crippen molar-refractivity contribution in [2.45, 2.75) is 0 Å². The highest BCUT2D eigenvalue weighted by Gasteiger charge is 2.23. The summed E-state index contributed by atoms with van der Waals surface area (Å²) >= 11 is 0. The number of rotatable bonds is 8. The van der Waals surface area contributed by atoms with Crippen molar-refractivity contribution < 1.29 is 0 Å². The van der Waals surface area contributed by atoms with E-state index in [1.54, 1.807) is 0 Å². The molecule has 0 amide bonds. The van der Waals surface area contributed by atoms with Crippen LogP contribution in [0, 0.1) is 0 Å². The molecular formula is C58H40N2. The van der Waals surface area contributed by atoms with Crippen molar-refractivity contribution in [3.63, 3.8) is 0 Å². The van der Waals surface area contributed by atoms with E-state index in [0.29, 0.717) is 0 Å². The van der Waals surface area contributed by atoms with Gasteiger partial charge in [-0.1, -0.05) is 188 Å². The third kappa shape index (κ3) is 6.23. The van der Waals surface area contributed by atoms with Crippen molar-refractivity contribution in [3.8, 4) is 50.2 Å². The molecule has 10 aromatic carbocycles. The van der Waals surface area contributed by atoms with Crippen molar-refractivity contribution in [1.82, 2.24) is 4.57 Å². The molecule has 11 aromatic rings. The molecule has 60 heavy (non-hydrogen) atoms. The fourth-order valence-electron chi connectivity index (χ4n) is 8.98. The molecule has 0 N–H and O–H groups in total. The van der Waals surface area contributed by atoms with Crippen LogP contribution in [0.2, 0.25) is 0 Å². The highest BCUT2D eigenvalue weighted by Crippen LogP contribution is 2.48. The maximum atomic E-state index is 2.48. The van der Waals surface area contributed by atoms with E-state index in [9.17, 15) is 0 Å². The zero-order valence-electron chi connectivity index (χ0n) is 33.0. The first kappa shape index (κ1) is 35.2. The molecule has 0 atom stereocenters. The van der Waals surface area contributed by atoms with Crippen LogP contribution in [0.15, 0.2) is 243 Å². The predicted octanol–water partition coefficient (Wildman–Crippen LogP) is 16.1. The minimum Gasteiger partial charge on any atom is -0.309 e. The van der Waals surface area contributed by atoms with E-state index in [-0.39, 0.29) is 0 Å². The van der Waals surface area contributed by atoms with Crippen molar-refractivity contribution in [2.75, 3.05) is 4.90 Å². The quantitative estimate of drug-likeness (QED) is 0.150. The minimum atomic E-state index is 1.07. The Kier molecular flexibility index (Phi) is 8.87. The predicted molar refractivity (Wildman–Crippen MR) is 255 cm³/mol. The Hall–Kier alpha value is -7.94. The van der Waals surface area contributed by atoms with Gasteiger partial charge in [-0.05, 0) is 98.8 Å². The average Bonchev–Trinajstić information content (AvgIpc) is 3.66. The van der Waals surface area contributed by atoms with Gasteiger partial charge < -0.3 is 9.47 Å². The Morgan fingerprint density at radius 2 is 0.817 bits per heavy atom. The number of fused-ring (bicyclic) bond motifs is 4. The lowest BCUT2D eigenvalue weighted by Crippen LogP contribution is -2.13. The minimum absolute atomic E-state index is 1.07. The summed E-state index contributed by atoms with van der Waals surface area (Å²) in [7, 11) is 0. The lowest BCUT2D eigenvalue weighted by molar-refractivity contribution is 1.18. The third-order valence-electron chi connectivity index (χ3n) is 11.8. The Morgan fingerprint density at radius 3 is 1.58 bits per heavy atom. The van der Waals surface area contributed by atoms with Crippen LogP contribution in [-0.2, 0) is 0 Å². The summed E-state index contributed by atoms with van der Waals surface area (Å²) in [6.07, 6.45) is 0. The fraction of sp³-hybridized carbons (Fsp3) is 0. The SMILES string of the molecule is c1ccc(-c2ccccc2-c2ccc(N(c3ccc4c5ccccc5n(-c5ccccc5)c4c3)c3ccccc3-c3ccc4ccccc4c3)c(-c3ccccc3)c2)cc1. The molecule has 0 aliphatic heterocycles. The van der Waals surface area contributed by atoms with Gasteiger partial charge in [-0.15, -0.1) is 0 Å². The first-order chi connectivity index (χ1) is 29.8. The zero-order valence-corrected chi connectivity index (χ0v) is 33.0. The highest BCUT2D eigenvalue weighted by atomic mass is 15.1. The lowest BCUT2D eigenvalue weighted by atomic mass is 9.91. The van der Waals surface area contributed by atoms with Gasteiger partial charge in [-0.3, -0.25) is 0 Å². The summed E-state index contributed by atoms with van der Waals surface area (Å²) in [5.41, 5.74) is 16.1. The zero-order chi connectivity index (χ0) is 39.8. The van der Waals surface area contributed by atoms with Gasteiger partial charge in [0.15, 0.2) is 0 Å². The van der Waals surface area contributed by atoms with E-state index >= 15 is 0 Å². The van der Waals surface area contributed by atoms with Crippen LogP contribution in [0.1, 0.15) is 0 Å². The van der Waals surface area contributed by atoms with E-state index < -0.39 is 0 Å². The molecule has 282 valence electrons. The molecule has 2 nitrogen and oxygen atoms in total. The van der Waals surface area contributed by atoms with E-state index in [0.717, 1.165) is 45.0 Å². The van der Waals surface area contributed by atoms with Crippen LogP contribution in [0.25, 0.3) is 82.8 Å². The van der Waals surface area contributed by atoms with E-state index in [4.69, 9.17) is 0 Å². The summed E-state index contributed by atoms with van der Waals surface area (Å²) in [6.45, 7) is 0. The van der Waals surface area contributed by atoms with Gasteiger partial charge >= 0.3 is 0 Å². The molecular weight excluding hydrogens is 725 g/mol. The number of nitrogens with zero attached hydrogens (tertiary/aromatic N) is 2. The van der Waals surface area contributed by atoms with E-state index in [1.165, 1.54) is 54.9 Å². The maximum Gasteiger partial charge on any atom is 0.0561 e. The molecule has 11 rings (SSSR count). The largest absolute Gasteiger partial charge is 0.309 e. The van der Waals surface area contributed by atoms with Crippen molar-refractivity contribution in [2.24, 2.45) is 0 Å². The number of aromatic nitrogens is 1. The molecule has 0 aliphatic rings. The van der Waals surface area contributed by atoms with Gasteiger partial charge in [0.25, 0.3) is 0 Å². The first-order valence-electron chi connectivity index (χ1n) is 20.6. The maximum absolute atomic E-state index is 2.48. The molecule has 0 radical (unpaired) electrons. The summed E-state index contributed by atoms with van der Waals surface area (Å²) in [6, 6.07) is 88.1. The molecule has 1 aromatic heterocycles. The third-order valence-corrected chi connectivity index (χ3v) is 11.8. The average molecular weight is 765 g/mol. The normalized spacial score (nSPS) is 11.3. The molecule has 0 saturated carbocycles. The summed E-state index contributed by atoms with van der Waals surface area (Å²) in [4.78, 5) is 2.48. The van der Waals surface area contributed by atoms with Gasteiger partial charge in [0.2, 0.25) is 0 Å². The molecule has 2 heteroatoms. The van der Waals surface area contributed by atoms with E-state index in [1.807, 2.05) is 0 Å². The van der Waals surface area contributed by atoms with Gasteiger partial charge in [0, 0.05) is 33.3 Å². The summed E-state index contributed by atoms with van der Waals surface area (Å²) in [5, 5.41) is 4.90. The Bertz CT molecular complexity index is 3310. The lowest BCUT2D eigenvalue weighted by Gasteiger charge is -2.30. The Labute approximate surface area is 350 Å². The second kappa shape index (κ2) is 15.1. The first-order valence-corrected chi connectivity index (χ1v) is 20.6. The highest BCUT2D eigenvalue weighted by molar-refractivity contribution is 6.11. The standard InChI is InChI=1S/C58H40N2/c1-4-19-42(20-5-1)49-26-12-13-27-50(49)46-34-37-57(54(39-46)43-21-6-2-7-22-43)60(55-30-16-14-28-51(55)45-33-32-41-18-10-11-23-44(41)38-45)48-35-36-53-52-29-15-17-31-56(52)59(58(53)40-48)47-24-8-3-9-25-47/h1-40H. The second-order valence-electron chi connectivity index (χ2n) is 15.3. The van der Waals surface area contributed by atoms with Crippen molar-refractivity contribution in [3.05, 3.63) is 243 Å². The molecule has 0 aliphatic carbocycles. The van der Waals surface area contributed by atoms with Gasteiger partial charge in [-0.25, -0.2) is 0 Å². The van der Waals surface area contributed by atoms with Crippen LogP contribution < -0.4 is 4.90 Å². The molecule has 0 unspecified atom stereocenters. The van der Waals surface area contributed by atoms with Crippen LogP contribution in [0.3, 0.4) is 0 Å². The molecule has 0 spiro atoms. The van der Waals surface area contributed by atoms with Crippen molar-refractivity contribution >= 4 is 49.6 Å². The molecule has 0 fully saturated rings. The number of benzene rings is 10. The number of hydrogen-bond acceptors (Lipinski definition) is 1. The van der Waals surface area contributed by atoms with Crippen LogP contribution in [0.5, 0.6) is 0 Å². The number of hydrogen-bond donors (Lipinski definition) is 0. The number of para-hydroxylation sites is 3. The van der Waals surface area contributed by atoms with Crippen LogP contribution in [-0.4, -0.2) is 4.57 Å². The van der Waals surface area contributed by atoms with Crippen LogP contribution >= 0.6 is 0 Å². The van der Waals surface area contributed by atoms with Gasteiger partial charge in [0.05, 0.1) is 22.4 Å². The fourth-order valence-corrected chi connectivity index (χ4v) is 8.98. The van der Waals surface area contributed by atoms with E-state index in [2.05, 4.69) is 252 Å². The van der Waals surface area contributed by atoms with Crippen molar-refractivity contribution in [1.29, 1.82) is 0 Å². The monoisotopic (exact) mass is 764 g/mol. The summed E-state index contributed by atoms with van der Waals surface area (Å²) < 4.78 is 2.41. The number of anilines is 3. The Morgan fingerprint density at radius 1 is 0.283 bits per heavy atom.